The number of thiocarbonyl (C=S) groups is 1. The molecular weight excluding hydrogens is 275 g/mol. The molecular formula is C15H13FN2OS. The van der Waals surface area contributed by atoms with E-state index in [0.717, 1.165) is 5.56 Å². The van der Waals surface area contributed by atoms with Gasteiger partial charge in [0.1, 0.15) is 0 Å². The van der Waals surface area contributed by atoms with Gasteiger partial charge < -0.3 is 15.7 Å². The number of halogens is 1. The summed E-state index contributed by atoms with van der Waals surface area (Å²) in [6.45, 7) is 0. The van der Waals surface area contributed by atoms with E-state index in [-0.39, 0.29) is 10.8 Å². The van der Waals surface area contributed by atoms with E-state index in [2.05, 4.69) is 10.6 Å². The molecule has 5 heteroatoms. The van der Waals surface area contributed by atoms with Crippen LogP contribution in [0.4, 0.5) is 10.1 Å². The monoisotopic (exact) mass is 288 g/mol. The van der Waals surface area contributed by atoms with Gasteiger partial charge in [-0.2, -0.15) is 0 Å². The molecule has 0 atom stereocenters. The number of phenolic OH excluding ortho intramolecular Hbond substituents is 1. The zero-order valence-corrected chi connectivity index (χ0v) is 11.3. The van der Waals surface area contributed by atoms with E-state index in [1.165, 1.54) is 18.2 Å². The Hall–Kier alpha value is -2.40. The minimum atomic E-state index is -0.697. The predicted octanol–water partition coefficient (Wildman–Crippen LogP) is 3.49. The Morgan fingerprint density at radius 3 is 2.60 bits per heavy atom. The van der Waals surface area contributed by atoms with Crippen LogP contribution >= 0.6 is 12.2 Å². The van der Waals surface area contributed by atoms with Gasteiger partial charge in [-0.05, 0) is 36.0 Å². The molecule has 3 nitrogen and oxygen atoms in total. The van der Waals surface area contributed by atoms with E-state index in [4.69, 9.17) is 12.2 Å². The van der Waals surface area contributed by atoms with Gasteiger partial charge in [-0.15, -0.1) is 0 Å². The van der Waals surface area contributed by atoms with E-state index >= 15 is 0 Å². The lowest BCUT2D eigenvalue weighted by Crippen LogP contribution is -2.23. The van der Waals surface area contributed by atoms with E-state index in [1.807, 2.05) is 36.4 Å². The number of nitrogens with one attached hydrogen (secondary N) is 2. The first-order valence-electron chi connectivity index (χ1n) is 5.93. The minimum Gasteiger partial charge on any atom is -0.503 e. The molecule has 0 radical (unpaired) electrons. The summed E-state index contributed by atoms with van der Waals surface area (Å²) in [6.07, 6.45) is 3.51. The molecule has 20 heavy (non-hydrogen) atoms. The standard InChI is InChI=1S/C15H13FN2OS/c16-12-7-4-8-13(14(12)19)18-15(20)17-10-9-11-5-2-1-3-6-11/h1-10,19H,(H2,17,18,20). The smallest absolute Gasteiger partial charge is 0.175 e. The maximum Gasteiger partial charge on any atom is 0.175 e. The number of benzene rings is 2. The molecule has 0 fully saturated rings. The van der Waals surface area contributed by atoms with Crippen molar-refractivity contribution in [1.29, 1.82) is 0 Å². The van der Waals surface area contributed by atoms with Gasteiger partial charge >= 0.3 is 0 Å². The third kappa shape index (κ3) is 3.80. The number of phenols is 1. The van der Waals surface area contributed by atoms with Crippen LogP contribution in [-0.4, -0.2) is 10.2 Å². The van der Waals surface area contributed by atoms with Crippen molar-refractivity contribution in [3.63, 3.8) is 0 Å². The Morgan fingerprint density at radius 1 is 1.10 bits per heavy atom. The molecule has 0 aromatic heterocycles. The molecule has 0 aliphatic rings. The van der Waals surface area contributed by atoms with Crippen molar-refractivity contribution in [2.45, 2.75) is 0 Å². The van der Waals surface area contributed by atoms with Crippen LogP contribution in [0.1, 0.15) is 5.56 Å². The van der Waals surface area contributed by atoms with Gasteiger partial charge in [-0.25, -0.2) is 4.39 Å². The molecule has 0 heterocycles. The van der Waals surface area contributed by atoms with Crippen molar-refractivity contribution in [3.05, 3.63) is 66.1 Å². The fraction of sp³-hybridized carbons (Fsp3) is 0. The second-order valence-corrected chi connectivity index (χ2v) is 4.39. The molecule has 2 aromatic carbocycles. The molecule has 0 aliphatic carbocycles. The van der Waals surface area contributed by atoms with Gasteiger partial charge in [-0.3, -0.25) is 0 Å². The summed E-state index contributed by atoms with van der Waals surface area (Å²) in [4.78, 5) is 0. The first kappa shape index (κ1) is 14.0. The largest absolute Gasteiger partial charge is 0.503 e. The highest BCUT2D eigenvalue weighted by Gasteiger charge is 2.06. The van der Waals surface area contributed by atoms with E-state index < -0.39 is 11.6 Å². The third-order valence-electron chi connectivity index (χ3n) is 2.52. The Labute approximate surface area is 121 Å². The summed E-state index contributed by atoms with van der Waals surface area (Å²) < 4.78 is 13.1. The topological polar surface area (TPSA) is 44.3 Å². The highest BCUT2D eigenvalue weighted by Crippen LogP contribution is 2.25. The minimum absolute atomic E-state index is 0.218. The van der Waals surface area contributed by atoms with Crippen LogP contribution in [0.15, 0.2) is 54.7 Å². The molecule has 0 aliphatic heterocycles. The average Bonchev–Trinajstić information content (AvgIpc) is 2.45. The normalized spacial score (nSPS) is 10.4. The molecule has 0 bridgehead atoms. The average molecular weight is 288 g/mol. The van der Waals surface area contributed by atoms with Gasteiger partial charge in [-0.1, -0.05) is 36.4 Å². The highest BCUT2D eigenvalue weighted by atomic mass is 32.1. The van der Waals surface area contributed by atoms with Gasteiger partial charge in [0.2, 0.25) is 0 Å². The van der Waals surface area contributed by atoms with Crippen LogP contribution < -0.4 is 10.6 Å². The fourth-order valence-corrected chi connectivity index (χ4v) is 1.73. The molecule has 0 unspecified atom stereocenters. The Bertz CT molecular complexity index is 629. The Morgan fingerprint density at radius 2 is 1.85 bits per heavy atom. The van der Waals surface area contributed by atoms with Crippen LogP contribution in [0.25, 0.3) is 6.08 Å². The van der Waals surface area contributed by atoms with Crippen LogP contribution in [0, 0.1) is 5.82 Å². The lowest BCUT2D eigenvalue weighted by Gasteiger charge is -2.09. The number of hydrogen-bond donors (Lipinski definition) is 3. The number of aromatic hydroxyl groups is 1. The molecule has 2 rings (SSSR count). The molecule has 0 saturated carbocycles. The highest BCUT2D eigenvalue weighted by molar-refractivity contribution is 7.80. The van der Waals surface area contributed by atoms with Crippen LogP contribution in [-0.2, 0) is 0 Å². The first-order valence-corrected chi connectivity index (χ1v) is 6.34. The molecule has 0 saturated heterocycles. The quantitative estimate of drug-likeness (QED) is 0.597. The molecule has 0 spiro atoms. The van der Waals surface area contributed by atoms with Crippen molar-refractivity contribution in [2.24, 2.45) is 0 Å². The number of rotatable bonds is 3. The fourth-order valence-electron chi connectivity index (χ4n) is 1.55. The SMILES string of the molecule is Oc1c(F)cccc1NC(=S)NC=Cc1ccccc1. The van der Waals surface area contributed by atoms with Crippen molar-refractivity contribution in [3.8, 4) is 5.75 Å². The summed E-state index contributed by atoms with van der Waals surface area (Å²) in [6, 6.07) is 13.9. The van der Waals surface area contributed by atoms with Crippen LogP contribution in [0.3, 0.4) is 0 Å². The van der Waals surface area contributed by atoms with Crippen molar-refractivity contribution >= 4 is 29.1 Å². The maximum atomic E-state index is 13.1. The first-order chi connectivity index (χ1) is 9.66. The number of hydrogen-bond acceptors (Lipinski definition) is 2. The van der Waals surface area contributed by atoms with Gasteiger partial charge in [0.05, 0.1) is 5.69 Å². The Balaban J connectivity index is 1.93. The van der Waals surface area contributed by atoms with Crippen LogP contribution in [0.2, 0.25) is 0 Å². The zero-order valence-electron chi connectivity index (χ0n) is 10.5. The number of para-hydroxylation sites is 1. The summed E-state index contributed by atoms with van der Waals surface area (Å²) >= 11 is 5.05. The summed E-state index contributed by atoms with van der Waals surface area (Å²) in [5.74, 6) is -1.15. The third-order valence-corrected chi connectivity index (χ3v) is 2.74. The Kier molecular flexibility index (Phi) is 4.68. The number of anilines is 1. The summed E-state index contributed by atoms with van der Waals surface area (Å²) in [7, 11) is 0. The summed E-state index contributed by atoms with van der Waals surface area (Å²) in [5.41, 5.74) is 1.24. The van der Waals surface area contributed by atoms with Crippen molar-refractivity contribution in [1.82, 2.24) is 5.32 Å². The second-order valence-electron chi connectivity index (χ2n) is 3.98. The summed E-state index contributed by atoms with van der Waals surface area (Å²) in [5, 5.41) is 15.3. The molecule has 102 valence electrons. The lowest BCUT2D eigenvalue weighted by atomic mass is 10.2. The van der Waals surface area contributed by atoms with Gasteiger partial charge in [0, 0.05) is 6.20 Å². The van der Waals surface area contributed by atoms with Crippen LogP contribution in [0.5, 0.6) is 5.75 Å². The maximum absolute atomic E-state index is 13.1. The molecule has 3 N–H and O–H groups in total. The molecule has 2 aromatic rings. The van der Waals surface area contributed by atoms with Crippen molar-refractivity contribution in [2.75, 3.05) is 5.32 Å². The second kappa shape index (κ2) is 6.68. The zero-order chi connectivity index (χ0) is 14.4. The van der Waals surface area contributed by atoms with E-state index in [1.54, 1.807) is 6.20 Å². The lowest BCUT2D eigenvalue weighted by molar-refractivity contribution is 0.435. The van der Waals surface area contributed by atoms with Crippen molar-refractivity contribution < 1.29 is 9.50 Å². The predicted molar refractivity (Wildman–Crippen MR) is 82.9 cm³/mol. The van der Waals surface area contributed by atoms with Gasteiger partial charge in [0.25, 0.3) is 0 Å². The van der Waals surface area contributed by atoms with Gasteiger partial charge in [0.15, 0.2) is 16.7 Å². The van der Waals surface area contributed by atoms with E-state index in [9.17, 15) is 9.50 Å². The van der Waals surface area contributed by atoms with E-state index in [0.29, 0.717) is 0 Å². The molecule has 0 amide bonds.